The molecule has 1 aliphatic rings. The van der Waals surface area contributed by atoms with Gasteiger partial charge >= 0.3 is 0 Å². The Morgan fingerprint density at radius 3 is 2.94 bits per heavy atom. The first-order valence-electron chi connectivity index (χ1n) is 6.01. The minimum absolute atomic E-state index is 0.104. The standard InChI is InChI=1S/C14H16N2O/c15-10-6-7-14(17,9-10)12-4-1-5-13-11(12)3-2-8-16-13/h1-5,8,10,17H,6-7,9,15H2. The van der Waals surface area contributed by atoms with Gasteiger partial charge in [0, 0.05) is 17.6 Å². The Labute approximate surface area is 100 Å². The van der Waals surface area contributed by atoms with Gasteiger partial charge < -0.3 is 10.8 Å². The highest BCUT2D eigenvalue weighted by atomic mass is 16.3. The number of fused-ring (bicyclic) bond motifs is 1. The summed E-state index contributed by atoms with van der Waals surface area (Å²) < 4.78 is 0. The van der Waals surface area contributed by atoms with E-state index in [1.54, 1.807) is 6.20 Å². The van der Waals surface area contributed by atoms with E-state index in [4.69, 9.17) is 5.73 Å². The van der Waals surface area contributed by atoms with Crippen LogP contribution in [0.1, 0.15) is 24.8 Å². The van der Waals surface area contributed by atoms with E-state index in [-0.39, 0.29) is 6.04 Å². The topological polar surface area (TPSA) is 59.1 Å². The van der Waals surface area contributed by atoms with E-state index in [9.17, 15) is 5.11 Å². The normalized spacial score (nSPS) is 28.7. The summed E-state index contributed by atoms with van der Waals surface area (Å²) >= 11 is 0. The van der Waals surface area contributed by atoms with Crippen LogP contribution in [0.5, 0.6) is 0 Å². The highest BCUT2D eigenvalue weighted by molar-refractivity contribution is 5.82. The lowest BCUT2D eigenvalue weighted by atomic mass is 9.89. The molecular weight excluding hydrogens is 212 g/mol. The fourth-order valence-corrected chi connectivity index (χ4v) is 2.82. The van der Waals surface area contributed by atoms with Crippen molar-refractivity contribution in [2.75, 3.05) is 0 Å². The molecule has 0 amide bonds. The number of pyridine rings is 1. The van der Waals surface area contributed by atoms with E-state index in [0.29, 0.717) is 6.42 Å². The molecule has 3 nitrogen and oxygen atoms in total. The number of nitrogens with two attached hydrogens (primary N) is 1. The quantitative estimate of drug-likeness (QED) is 0.784. The Balaban J connectivity index is 2.17. The molecule has 2 aromatic rings. The second-order valence-corrected chi connectivity index (χ2v) is 4.91. The molecule has 1 fully saturated rings. The zero-order chi connectivity index (χ0) is 11.9. The molecule has 0 spiro atoms. The van der Waals surface area contributed by atoms with Gasteiger partial charge in [0.2, 0.25) is 0 Å². The van der Waals surface area contributed by atoms with Crippen LogP contribution in [0.2, 0.25) is 0 Å². The second kappa shape index (κ2) is 3.79. The molecule has 0 aliphatic heterocycles. The third kappa shape index (κ3) is 1.72. The van der Waals surface area contributed by atoms with Crippen molar-refractivity contribution in [1.29, 1.82) is 0 Å². The van der Waals surface area contributed by atoms with E-state index in [0.717, 1.165) is 29.3 Å². The summed E-state index contributed by atoms with van der Waals surface area (Å²) in [6.45, 7) is 0. The Hall–Kier alpha value is -1.45. The molecule has 1 aromatic heterocycles. The molecule has 1 saturated carbocycles. The van der Waals surface area contributed by atoms with Crippen LogP contribution >= 0.6 is 0 Å². The van der Waals surface area contributed by atoms with Crippen molar-refractivity contribution in [1.82, 2.24) is 4.98 Å². The first-order chi connectivity index (χ1) is 8.19. The number of hydrogen-bond acceptors (Lipinski definition) is 3. The van der Waals surface area contributed by atoms with Gasteiger partial charge in [0.1, 0.15) is 0 Å². The average molecular weight is 228 g/mol. The zero-order valence-corrected chi connectivity index (χ0v) is 9.63. The molecular formula is C14H16N2O. The Kier molecular flexibility index (Phi) is 2.38. The Morgan fingerprint density at radius 1 is 1.29 bits per heavy atom. The van der Waals surface area contributed by atoms with Crippen LogP contribution in [0.4, 0.5) is 0 Å². The van der Waals surface area contributed by atoms with Gasteiger partial charge in [-0.15, -0.1) is 0 Å². The van der Waals surface area contributed by atoms with Crippen molar-refractivity contribution in [2.24, 2.45) is 5.73 Å². The van der Waals surface area contributed by atoms with Gasteiger partial charge in [-0.3, -0.25) is 4.98 Å². The van der Waals surface area contributed by atoms with Crippen LogP contribution < -0.4 is 5.73 Å². The molecule has 3 rings (SSSR count). The lowest BCUT2D eigenvalue weighted by Gasteiger charge is -2.24. The molecule has 3 N–H and O–H groups in total. The van der Waals surface area contributed by atoms with Crippen molar-refractivity contribution >= 4 is 10.9 Å². The van der Waals surface area contributed by atoms with Crippen molar-refractivity contribution in [2.45, 2.75) is 30.9 Å². The number of nitrogens with zero attached hydrogens (tertiary/aromatic N) is 1. The van der Waals surface area contributed by atoms with Crippen LogP contribution in [-0.4, -0.2) is 16.1 Å². The molecule has 1 aromatic carbocycles. The van der Waals surface area contributed by atoms with Crippen LogP contribution in [0.3, 0.4) is 0 Å². The van der Waals surface area contributed by atoms with Crippen LogP contribution in [0.25, 0.3) is 10.9 Å². The molecule has 88 valence electrons. The predicted molar refractivity (Wildman–Crippen MR) is 67.5 cm³/mol. The third-order valence-electron chi connectivity index (χ3n) is 3.68. The van der Waals surface area contributed by atoms with Crippen molar-refractivity contribution in [3.8, 4) is 0 Å². The van der Waals surface area contributed by atoms with Gasteiger partial charge in [0.25, 0.3) is 0 Å². The van der Waals surface area contributed by atoms with Crippen LogP contribution in [0, 0.1) is 0 Å². The van der Waals surface area contributed by atoms with E-state index in [2.05, 4.69) is 4.98 Å². The number of rotatable bonds is 1. The summed E-state index contributed by atoms with van der Waals surface area (Å²) in [5, 5.41) is 11.8. The Morgan fingerprint density at radius 2 is 2.18 bits per heavy atom. The van der Waals surface area contributed by atoms with Crippen molar-refractivity contribution in [3.63, 3.8) is 0 Å². The van der Waals surface area contributed by atoms with Crippen molar-refractivity contribution in [3.05, 3.63) is 42.1 Å². The summed E-state index contributed by atoms with van der Waals surface area (Å²) in [5.74, 6) is 0. The first-order valence-corrected chi connectivity index (χ1v) is 6.01. The molecule has 2 unspecified atom stereocenters. The van der Waals surface area contributed by atoms with E-state index < -0.39 is 5.60 Å². The largest absolute Gasteiger partial charge is 0.385 e. The molecule has 0 bridgehead atoms. The van der Waals surface area contributed by atoms with Crippen LogP contribution in [0.15, 0.2) is 36.5 Å². The maximum atomic E-state index is 10.7. The Bertz CT molecular complexity index is 549. The average Bonchev–Trinajstić information content (AvgIpc) is 2.70. The van der Waals surface area contributed by atoms with E-state index in [1.165, 1.54) is 0 Å². The van der Waals surface area contributed by atoms with Gasteiger partial charge in [-0.05, 0) is 37.0 Å². The van der Waals surface area contributed by atoms with Crippen LogP contribution in [-0.2, 0) is 5.60 Å². The summed E-state index contributed by atoms with van der Waals surface area (Å²) in [6, 6.07) is 9.93. The summed E-state index contributed by atoms with van der Waals surface area (Å²) in [5.41, 5.74) is 7.04. The molecule has 2 atom stereocenters. The summed E-state index contributed by atoms with van der Waals surface area (Å²) in [6.07, 6.45) is 4.03. The molecule has 1 aliphatic carbocycles. The molecule has 17 heavy (non-hydrogen) atoms. The SMILES string of the molecule is NC1CCC(O)(c2cccc3ncccc23)C1. The molecule has 0 radical (unpaired) electrons. The smallest absolute Gasteiger partial charge is 0.0918 e. The molecule has 3 heteroatoms. The van der Waals surface area contributed by atoms with E-state index >= 15 is 0 Å². The number of aromatic nitrogens is 1. The van der Waals surface area contributed by atoms with Crippen molar-refractivity contribution < 1.29 is 5.11 Å². The third-order valence-corrected chi connectivity index (χ3v) is 3.68. The number of benzene rings is 1. The minimum atomic E-state index is -0.776. The van der Waals surface area contributed by atoms with Gasteiger partial charge in [0.15, 0.2) is 0 Å². The van der Waals surface area contributed by atoms with Gasteiger partial charge in [0.05, 0.1) is 11.1 Å². The highest BCUT2D eigenvalue weighted by Gasteiger charge is 2.38. The predicted octanol–water partition coefficient (Wildman–Crippen LogP) is 1.93. The summed E-state index contributed by atoms with van der Waals surface area (Å²) in [7, 11) is 0. The van der Waals surface area contributed by atoms with Gasteiger partial charge in [-0.2, -0.15) is 0 Å². The molecule has 0 saturated heterocycles. The maximum Gasteiger partial charge on any atom is 0.0918 e. The monoisotopic (exact) mass is 228 g/mol. The minimum Gasteiger partial charge on any atom is -0.385 e. The first kappa shape index (κ1) is 10.7. The van der Waals surface area contributed by atoms with Gasteiger partial charge in [-0.25, -0.2) is 0 Å². The lowest BCUT2D eigenvalue weighted by molar-refractivity contribution is 0.0446. The maximum absolute atomic E-state index is 10.7. The van der Waals surface area contributed by atoms with E-state index in [1.807, 2.05) is 30.3 Å². The number of hydrogen-bond donors (Lipinski definition) is 2. The summed E-state index contributed by atoms with van der Waals surface area (Å²) in [4.78, 5) is 4.32. The fraction of sp³-hybridized carbons (Fsp3) is 0.357. The molecule has 1 heterocycles. The fourth-order valence-electron chi connectivity index (χ4n) is 2.82. The zero-order valence-electron chi connectivity index (χ0n) is 9.63. The number of aliphatic hydroxyl groups is 1. The lowest BCUT2D eigenvalue weighted by Crippen LogP contribution is -2.25. The van der Waals surface area contributed by atoms with Gasteiger partial charge in [-0.1, -0.05) is 18.2 Å². The highest BCUT2D eigenvalue weighted by Crippen LogP contribution is 2.40. The second-order valence-electron chi connectivity index (χ2n) is 4.91.